The lowest BCUT2D eigenvalue weighted by Crippen LogP contribution is -2.30. The number of aromatic amines is 1. The van der Waals surface area contributed by atoms with Crippen LogP contribution >= 0.6 is 0 Å². The lowest BCUT2D eigenvalue weighted by atomic mass is 10.1. The Bertz CT molecular complexity index is 652. The van der Waals surface area contributed by atoms with E-state index in [9.17, 15) is 9.59 Å². The normalized spacial score (nSPS) is 11.9. The number of carbonyl (C=O) groups is 1. The summed E-state index contributed by atoms with van der Waals surface area (Å²) in [5.74, 6) is -0.363. The molecule has 0 bridgehead atoms. The summed E-state index contributed by atoms with van der Waals surface area (Å²) in [5.41, 5.74) is 0.873. The third kappa shape index (κ3) is 4.56. The standard InChI is InChI=1S/C17H20N2O3/c1-13(14-7-3-2-4-8-14)22-12-6-11-19-17(21)15-9-5-10-18-16(15)20/h2-5,7-10,13H,6,11-12H2,1H3,(H,18,20)(H,19,21). The van der Waals surface area contributed by atoms with E-state index in [1.807, 2.05) is 37.3 Å². The lowest BCUT2D eigenvalue weighted by Gasteiger charge is -2.13. The van der Waals surface area contributed by atoms with Crippen LogP contribution in [0.15, 0.2) is 53.5 Å². The zero-order valence-electron chi connectivity index (χ0n) is 12.5. The molecule has 0 radical (unpaired) electrons. The van der Waals surface area contributed by atoms with Gasteiger partial charge in [0.15, 0.2) is 0 Å². The van der Waals surface area contributed by atoms with E-state index in [1.165, 1.54) is 12.3 Å². The molecule has 0 aliphatic heterocycles. The smallest absolute Gasteiger partial charge is 0.260 e. The van der Waals surface area contributed by atoms with Crippen LogP contribution in [0.2, 0.25) is 0 Å². The third-order valence-electron chi connectivity index (χ3n) is 3.31. The van der Waals surface area contributed by atoms with Gasteiger partial charge in [0.1, 0.15) is 5.56 Å². The number of H-pyrrole nitrogens is 1. The highest BCUT2D eigenvalue weighted by atomic mass is 16.5. The molecule has 5 heteroatoms. The number of aromatic nitrogens is 1. The molecule has 0 saturated heterocycles. The molecule has 1 amide bonds. The van der Waals surface area contributed by atoms with E-state index < -0.39 is 0 Å². The van der Waals surface area contributed by atoms with Crippen LogP contribution < -0.4 is 10.9 Å². The number of ether oxygens (including phenoxy) is 1. The minimum Gasteiger partial charge on any atom is -0.374 e. The van der Waals surface area contributed by atoms with E-state index in [0.29, 0.717) is 19.6 Å². The van der Waals surface area contributed by atoms with Crippen LogP contribution in [0, 0.1) is 0 Å². The second-order valence-corrected chi connectivity index (χ2v) is 4.95. The topological polar surface area (TPSA) is 71.2 Å². The number of hydrogen-bond donors (Lipinski definition) is 2. The Balaban J connectivity index is 1.68. The molecule has 2 aromatic rings. The maximum Gasteiger partial charge on any atom is 0.260 e. The van der Waals surface area contributed by atoms with Crippen LogP contribution in [0.1, 0.15) is 35.4 Å². The summed E-state index contributed by atoms with van der Waals surface area (Å²) >= 11 is 0. The van der Waals surface area contributed by atoms with Gasteiger partial charge in [-0.25, -0.2) is 0 Å². The van der Waals surface area contributed by atoms with Gasteiger partial charge in [-0.1, -0.05) is 30.3 Å². The van der Waals surface area contributed by atoms with Crippen molar-refractivity contribution >= 4 is 5.91 Å². The van der Waals surface area contributed by atoms with E-state index >= 15 is 0 Å². The van der Waals surface area contributed by atoms with Crippen molar-refractivity contribution in [1.29, 1.82) is 0 Å². The molecule has 0 spiro atoms. The Morgan fingerprint density at radius 3 is 2.73 bits per heavy atom. The quantitative estimate of drug-likeness (QED) is 0.771. The Hall–Kier alpha value is -2.40. The Morgan fingerprint density at radius 1 is 1.23 bits per heavy atom. The highest BCUT2D eigenvalue weighted by molar-refractivity contribution is 5.93. The number of carbonyl (C=O) groups excluding carboxylic acids is 1. The highest BCUT2D eigenvalue weighted by Crippen LogP contribution is 2.15. The summed E-state index contributed by atoms with van der Waals surface area (Å²) in [6.07, 6.45) is 2.21. The van der Waals surface area contributed by atoms with Crippen molar-refractivity contribution in [2.75, 3.05) is 13.2 Å². The van der Waals surface area contributed by atoms with Crippen LogP contribution in [0.3, 0.4) is 0 Å². The molecule has 1 aromatic heterocycles. The first kappa shape index (κ1) is 16.0. The molecule has 1 atom stereocenters. The predicted octanol–water partition coefficient (Wildman–Crippen LogP) is 2.27. The second-order valence-electron chi connectivity index (χ2n) is 4.95. The van der Waals surface area contributed by atoms with Gasteiger partial charge in [-0.3, -0.25) is 9.59 Å². The molecular weight excluding hydrogens is 280 g/mol. The fraction of sp³-hybridized carbons (Fsp3) is 0.294. The van der Waals surface area contributed by atoms with Crippen LogP contribution in [0.5, 0.6) is 0 Å². The summed E-state index contributed by atoms with van der Waals surface area (Å²) < 4.78 is 5.72. The Labute approximate surface area is 129 Å². The molecule has 2 rings (SSSR count). The second kappa shape index (κ2) is 8.14. The maximum atomic E-state index is 11.8. The zero-order chi connectivity index (χ0) is 15.8. The highest BCUT2D eigenvalue weighted by Gasteiger charge is 2.09. The molecule has 5 nitrogen and oxygen atoms in total. The molecule has 0 aliphatic rings. The third-order valence-corrected chi connectivity index (χ3v) is 3.31. The first-order valence-electron chi connectivity index (χ1n) is 7.31. The minimum absolute atomic E-state index is 0.0221. The van der Waals surface area contributed by atoms with Crippen molar-refractivity contribution in [3.63, 3.8) is 0 Å². The largest absolute Gasteiger partial charge is 0.374 e. The summed E-state index contributed by atoms with van der Waals surface area (Å²) in [7, 11) is 0. The predicted molar refractivity (Wildman–Crippen MR) is 84.8 cm³/mol. The molecule has 2 N–H and O–H groups in total. The Kier molecular flexibility index (Phi) is 5.91. The molecule has 22 heavy (non-hydrogen) atoms. The van der Waals surface area contributed by atoms with Gasteiger partial charge in [-0.2, -0.15) is 0 Å². The van der Waals surface area contributed by atoms with E-state index in [4.69, 9.17) is 4.74 Å². The number of pyridine rings is 1. The SMILES string of the molecule is CC(OCCCNC(=O)c1ccc[nH]c1=O)c1ccccc1. The van der Waals surface area contributed by atoms with Crippen molar-refractivity contribution < 1.29 is 9.53 Å². The molecule has 1 aromatic carbocycles. The van der Waals surface area contributed by atoms with Crippen LogP contribution in [-0.2, 0) is 4.74 Å². The Morgan fingerprint density at radius 2 is 2.00 bits per heavy atom. The molecule has 0 saturated carbocycles. The van der Waals surface area contributed by atoms with Gasteiger partial charge in [-0.05, 0) is 31.0 Å². The van der Waals surface area contributed by atoms with Crippen molar-refractivity contribution in [2.24, 2.45) is 0 Å². The van der Waals surface area contributed by atoms with Gasteiger partial charge >= 0.3 is 0 Å². The van der Waals surface area contributed by atoms with Gasteiger partial charge in [0.05, 0.1) is 6.10 Å². The number of benzene rings is 1. The molecule has 1 unspecified atom stereocenters. The van der Waals surface area contributed by atoms with Crippen LogP contribution in [-0.4, -0.2) is 24.0 Å². The van der Waals surface area contributed by atoms with Gasteiger partial charge in [-0.15, -0.1) is 0 Å². The monoisotopic (exact) mass is 300 g/mol. The van der Waals surface area contributed by atoms with Crippen molar-refractivity contribution in [3.05, 3.63) is 70.1 Å². The van der Waals surface area contributed by atoms with E-state index in [1.54, 1.807) is 6.07 Å². The van der Waals surface area contributed by atoms with E-state index in [2.05, 4.69) is 10.3 Å². The molecule has 0 aliphatic carbocycles. The average Bonchev–Trinajstić information content (AvgIpc) is 2.55. The fourth-order valence-corrected chi connectivity index (χ4v) is 2.05. The van der Waals surface area contributed by atoms with Gasteiger partial charge in [0.2, 0.25) is 0 Å². The van der Waals surface area contributed by atoms with Gasteiger partial charge in [0.25, 0.3) is 11.5 Å². The van der Waals surface area contributed by atoms with Crippen LogP contribution in [0.4, 0.5) is 0 Å². The summed E-state index contributed by atoms with van der Waals surface area (Å²) in [5, 5.41) is 2.71. The van der Waals surface area contributed by atoms with E-state index in [0.717, 1.165) is 5.56 Å². The van der Waals surface area contributed by atoms with Crippen molar-refractivity contribution in [2.45, 2.75) is 19.4 Å². The molecular formula is C17H20N2O3. The van der Waals surface area contributed by atoms with Gasteiger partial charge in [0, 0.05) is 19.3 Å². The lowest BCUT2D eigenvalue weighted by molar-refractivity contribution is 0.0635. The van der Waals surface area contributed by atoms with Crippen molar-refractivity contribution in [1.82, 2.24) is 10.3 Å². The molecule has 116 valence electrons. The van der Waals surface area contributed by atoms with Crippen molar-refractivity contribution in [3.8, 4) is 0 Å². The molecule has 0 fully saturated rings. The summed E-state index contributed by atoms with van der Waals surface area (Å²) in [4.78, 5) is 25.7. The summed E-state index contributed by atoms with van der Waals surface area (Å²) in [6.45, 7) is 3.01. The van der Waals surface area contributed by atoms with Crippen LogP contribution in [0.25, 0.3) is 0 Å². The maximum absolute atomic E-state index is 11.8. The average molecular weight is 300 g/mol. The summed E-state index contributed by atoms with van der Waals surface area (Å²) in [6, 6.07) is 13.1. The van der Waals surface area contributed by atoms with Gasteiger partial charge < -0.3 is 15.0 Å². The first-order valence-corrected chi connectivity index (χ1v) is 7.31. The number of amides is 1. The first-order chi connectivity index (χ1) is 10.7. The van der Waals surface area contributed by atoms with E-state index in [-0.39, 0.29) is 23.1 Å². The fourth-order valence-electron chi connectivity index (χ4n) is 2.05. The number of nitrogens with one attached hydrogen (secondary N) is 2. The number of hydrogen-bond acceptors (Lipinski definition) is 3. The minimum atomic E-state index is -0.381. The molecule has 1 heterocycles. The zero-order valence-corrected chi connectivity index (χ0v) is 12.5. The number of rotatable bonds is 7.